The fourth-order valence-electron chi connectivity index (χ4n) is 12.3. The Morgan fingerprint density at radius 1 is 0.478 bits per heavy atom. The van der Waals surface area contributed by atoms with Crippen LogP contribution in [-0.4, -0.2) is 30.0 Å². The van der Waals surface area contributed by atoms with Gasteiger partial charge < -0.3 is 4.90 Å². The van der Waals surface area contributed by atoms with E-state index in [4.69, 9.17) is 19.9 Å². The van der Waals surface area contributed by atoms with E-state index in [2.05, 4.69) is 215 Å². The number of hydrogen-bond donors (Lipinski definition) is 0. The number of para-hydroxylation sites is 2. The van der Waals surface area contributed by atoms with Gasteiger partial charge in [0.15, 0.2) is 5.82 Å². The van der Waals surface area contributed by atoms with Crippen LogP contribution in [0.4, 0.5) is 11.6 Å². The van der Waals surface area contributed by atoms with Gasteiger partial charge in [-0.15, -0.1) is 10.0 Å². The number of nitrogens with zero attached hydrogens (tertiary/aromatic N) is 6. The molecule has 1 aliphatic heterocycles. The highest BCUT2D eigenvalue weighted by Gasteiger charge is 2.58. The van der Waals surface area contributed by atoms with Crippen LogP contribution in [0.2, 0.25) is 0 Å². The molecule has 334 valence electrons. The third kappa shape index (κ3) is 6.16. The standard InChI is InChI=1S/C60H58N6S/c1-57(2)35-36-58(3,4)49-39-45(30-31-48(49)57)67(42-21-9-7-10-22-42,43-23-11-8-12-24-43)44-25-19-20-41(38-44)54-62-55(65-51-28-15-13-26-46(51)47-27-14-16-29-52(47)65)64-56(63-54)66-53-32-37-61-40-50(53)59(5)33-17-18-34-60(59,66)6/h7-16,19-32,37-40H,17-18,33-36H2,1-6H3. The van der Waals surface area contributed by atoms with Crippen LogP contribution >= 0.6 is 10.0 Å². The van der Waals surface area contributed by atoms with Gasteiger partial charge in [-0.1, -0.05) is 138 Å². The Morgan fingerprint density at radius 2 is 1.06 bits per heavy atom. The quantitative estimate of drug-likeness (QED) is 0.159. The van der Waals surface area contributed by atoms with E-state index in [1.165, 1.54) is 59.9 Å². The van der Waals surface area contributed by atoms with Crippen molar-refractivity contribution in [3.63, 3.8) is 0 Å². The third-order valence-corrected chi connectivity index (χ3v) is 20.2. The minimum absolute atomic E-state index is 0.0427. The zero-order valence-corrected chi connectivity index (χ0v) is 40.3. The van der Waals surface area contributed by atoms with E-state index in [1.807, 2.05) is 6.20 Å². The minimum atomic E-state index is -2.07. The van der Waals surface area contributed by atoms with E-state index in [1.54, 1.807) is 0 Å². The summed E-state index contributed by atoms with van der Waals surface area (Å²) in [7, 11) is -2.07. The number of anilines is 2. The summed E-state index contributed by atoms with van der Waals surface area (Å²) in [6.45, 7) is 14.6. The molecule has 1 fully saturated rings. The fourth-order valence-corrected chi connectivity index (χ4v) is 16.3. The molecule has 12 rings (SSSR count). The highest BCUT2D eigenvalue weighted by atomic mass is 32.3. The van der Waals surface area contributed by atoms with E-state index >= 15 is 0 Å². The molecule has 3 aromatic heterocycles. The second-order valence-corrected chi connectivity index (χ2v) is 24.0. The number of hydrogen-bond acceptors (Lipinski definition) is 5. The van der Waals surface area contributed by atoms with Gasteiger partial charge in [-0.05, 0) is 121 Å². The van der Waals surface area contributed by atoms with Crippen LogP contribution in [0.3, 0.4) is 0 Å². The van der Waals surface area contributed by atoms with E-state index in [9.17, 15) is 0 Å². The summed E-state index contributed by atoms with van der Waals surface area (Å²) < 4.78 is 2.25. The SMILES string of the molecule is CC1(C)CCC(C)(C)c2cc(S(c3ccccc3)(c3ccccc3)c3cccc(-c4nc(N5c6ccncc6C6(C)CCCCC56C)nc(-n5c6ccccc6c6ccccc65)n4)c3)ccc21. The van der Waals surface area contributed by atoms with Crippen LogP contribution in [0.15, 0.2) is 190 Å². The smallest absolute Gasteiger partial charge is 0.240 e. The van der Waals surface area contributed by atoms with Gasteiger partial charge in [0.1, 0.15) is 0 Å². The number of rotatable bonds is 7. The molecule has 4 heterocycles. The van der Waals surface area contributed by atoms with Crippen molar-refractivity contribution in [3.8, 4) is 17.3 Å². The molecule has 0 N–H and O–H groups in total. The molecular weight excluding hydrogens is 837 g/mol. The van der Waals surface area contributed by atoms with Crippen LogP contribution in [0.5, 0.6) is 0 Å². The van der Waals surface area contributed by atoms with Gasteiger partial charge in [0, 0.05) is 59.3 Å². The van der Waals surface area contributed by atoms with Gasteiger partial charge in [0.25, 0.3) is 0 Å². The van der Waals surface area contributed by atoms with Crippen LogP contribution in [0.25, 0.3) is 39.1 Å². The Labute approximate surface area is 396 Å². The maximum absolute atomic E-state index is 5.64. The largest absolute Gasteiger partial charge is 0.303 e. The summed E-state index contributed by atoms with van der Waals surface area (Å²) in [5, 5.41) is 2.34. The molecule has 67 heavy (non-hydrogen) atoms. The molecular formula is C60H58N6S. The Morgan fingerprint density at radius 3 is 1.75 bits per heavy atom. The van der Waals surface area contributed by atoms with E-state index in [-0.39, 0.29) is 21.8 Å². The Hall–Kier alpha value is -6.57. The van der Waals surface area contributed by atoms with Crippen LogP contribution in [-0.2, 0) is 16.2 Å². The molecule has 6 nitrogen and oxygen atoms in total. The molecule has 0 amide bonds. The Bertz CT molecular complexity index is 3280. The predicted molar refractivity (Wildman–Crippen MR) is 275 cm³/mol. The fraction of sp³-hybridized carbons (Fsp3) is 0.267. The normalized spacial score (nSPS) is 20.9. The third-order valence-electron chi connectivity index (χ3n) is 16.3. The van der Waals surface area contributed by atoms with Crippen molar-refractivity contribution in [1.82, 2.24) is 24.5 Å². The maximum Gasteiger partial charge on any atom is 0.240 e. The molecule has 0 saturated heterocycles. The van der Waals surface area contributed by atoms with E-state index < -0.39 is 10.0 Å². The summed E-state index contributed by atoms with van der Waals surface area (Å²) in [6.07, 6.45) is 10.8. The highest BCUT2D eigenvalue weighted by molar-refractivity contribution is 8.34. The van der Waals surface area contributed by atoms with Gasteiger partial charge in [0.2, 0.25) is 11.9 Å². The average Bonchev–Trinajstić information content (AvgIpc) is 3.80. The van der Waals surface area contributed by atoms with Crippen molar-refractivity contribution in [1.29, 1.82) is 0 Å². The number of pyridine rings is 1. The summed E-state index contributed by atoms with van der Waals surface area (Å²) in [5.41, 5.74) is 8.17. The lowest BCUT2D eigenvalue weighted by molar-refractivity contribution is 0.193. The molecule has 0 bridgehead atoms. The first-order chi connectivity index (χ1) is 32.4. The lowest BCUT2D eigenvalue weighted by atomic mass is 9.62. The lowest BCUT2D eigenvalue weighted by Crippen LogP contribution is -2.55. The van der Waals surface area contributed by atoms with Gasteiger partial charge in [-0.2, -0.15) is 15.0 Å². The molecule has 0 spiro atoms. The maximum atomic E-state index is 5.64. The first-order valence-corrected chi connectivity index (χ1v) is 25.8. The zero-order valence-electron chi connectivity index (χ0n) is 39.5. The van der Waals surface area contributed by atoms with Crippen molar-refractivity contribution in [2.45, 2.75) is 121 Å². The van der Waals surface area contributed by atoms with Crippen molar-refractivity contribution in [2.75, 3.05) is 4.90 Å². The van der Waals surface area contributed by atoms with Crippen LogP contribution in [0.1, 0.15) is 96.8 Å². The Balaban J connectivity index is 1.14. The summed E-state index contributed by atoms with van der Waals surface area (Å²) in [6, 6.07) is 58.5. The van der Waals surface area contributed by atoms with Crippen molar-refractivity contribution in [2.24, 2.45) is 0 Å². The molecule has 0 radical (unpaired) electrons. The van der Waals surface area contributed by atoms with E-state index in [0.717, 1.165) is 48.0 Å². The van der Waals surface area contributed by atoms with Crippen molar-refractivity contribution < 1.29 is 0 Å². The van der Waals surface area contributed by atoms with Gasteiger partial charge in [-0.25, -0.2) is 0 Å². The molecule has 2 aliphatic carbocycles. The van der Waals surface area contributed by atoms with Crippen LogP contribution in [0, 0.1) is 0 Å². The number of benzene rings is 6. The Kier molecular flexibility index (Phi) is 9.51. The average molecular weight is 895 g/mol. The molecule has 2 unspecified atom stereocenters. The first kappa shape index (κ1) is 41.8. The monoisotopic (exact) mass is 894 g/mol. The number of aromatic nitrogens is 5. The summed E-state index contributed by atoms with van der Waals surface area (Å²) in [4.78, 5) is 29.1. The van der Waals surface area contributed by atoms with E-state index in [0.29, 0.717) is 17.7 Å². The van der Waals surface area contributed by atoms with Crippen molar-refractivity contribution >= 4 is 43.5 Å². The van der Waals surface area contributed by atoms with Gasteiger partial charge >= 0.3 is 0 Å². The van der Waals surface area contributed by atoms with Crippen molar-refractivity contribution in [3.05, 3.63) is 187 Å². The molecule has 9 aromatic rings. The molecule has 1 saturated carbocycles. The lowest BCUT2D eigenvalue weighted by Gasteiger charge is -2.49. The minimum Gasteiger partial charge on any atom is -0.303 e. The second kappa shape index (κ2) is 15.2. The topological polar surface area (TPSA) is 59.7 Å². The van der Waals surface area contributed by atoms with Gasteiger partial charge in [0.05, 0.1) is 22.3 Å². The first-order valence-electron chi connectivity index (χ1n) is 24.1. The molecule has 6 aromatic carbocycles. The van der Waals surface area contributed by atoms with Crippen LogP contribution < -0.4 is 4.90 Å². The van der Waals surface area contributed by atoms with Gasteiger partial charge in [-0.3, -0.25) is 9.55 Å². The summed E-state index contributed by atoms with van der Waals surface area (Å²) >= 11 is 0. The predicted octanol–water partition coefficient (Wildman–Crippen LogP) is 15.5. The second-order valence-electron chi connectivity index (χ2n) is 20.9. The highest BCUT2D eigenvalue weighted by Crippen LogP contribution is 2.74. The number of fused-ring (bicyclic) bond motifs is 7. The zero-order chi connectivity index (χ0) is 45.8. The summed E-state index contributed by atoms with van der Waals surface area (Å²) in [5.74, 6) is 1.92. The molecule has 7 heteroatoms. The molecule has 3 aliphatic rings. The molecule has 2 atom stereocenters.